The average Bonchev–Trinajstić information content (AvgIpc) is 2.39. The highest BCUT2D eigenvalue weighted by atomic mass is 15.2. The fraction of sp³-hybridized carbons (Fsp3) is 0.667. The topological polar surface area (TPSA) is 15.3 Å². The van der Waals surface area contributed by atoms with Gasteiger partial charge in [-0.2, -0.15) is 0 Å². The van der Waals surface area contributed by atoms with Gasteiger partial charge in [-0.1, -0.05) is 50.6 Å². The van der Waals surface area contributed by atoms with Crippen molar-refractivity contribution in [1.82, 2.24) is 10.2 Å². The van der Waals surface area contributed by atoms with Gasteiger partial charge in [0.2, 0.25) is 0 Å². The molecule has 1 aromatic carbocycles. The molecular formula is C18H32N2. The molecule has 1 rings (SSSR count). The number of hydrogen-bond donors (Lipinski definition) is 1. The van der Waals surface area contributed by atoms with E-state index in [0.29, 0.717) is 11.5 Å². The monoisotopic (exact) mass is 276 g/mol. The van der Waals surface area contributed by atoms with E-state index in [0.717, 1.165) is 19.6 Å². The first-order valence-electron chi connectivity index (χ1n) is 7.93. The van der Waals surface area contributed by atoms with Crippen LogP contribution >= 0.6 is 0 Å². The van der Waals surface area contributed by atoms with Gasteiger partial charge in [0.15, 0.2) is 0 Å². The molecule has 1 unspecified atom stereocenters. The van der Waals surface area contributed by atoms with Crippen LogP contribution in [0.4, 0.5) is 0 Å². The van der Waals surface area contributed by atoms with Crippen molar-refractivity contribution in [2.45, 2.75) is 53.1 Å². The van der Waals surface area contributed by atoms with Crippen molar-refractivity contribution >= 4 is 0 Å². The third kappa shape index (κ3) is 5.64. The summed E-state index contributed by atoms with van der Waals surface area (Å²) in [7, 11) is 2.06. The summed E-state index contributed by atoms with van der Waals surface area (Å²) >= 11 is 0. The largest absolute Gasteiger partial charge is 0.319 e. The van der Waals surface area contributed by atoms with E-state index in [1.54, 1.807) is 0 Å². The van der Waals surface area contributed by atoms with E-state index in [4.69, 9.17) is 0 Å². The highest BCUT2D eigenvalue weighted by molar-refractivity contribution is 5.14. The molecule has 0 aromatic heterocycles. The van der Waals surface area contributed by atoms with E-state index in [-0.39, 0.29) is 0 Å². The summed E-state index contributed by atoms with van der Waals surface area (Å²) in [6.07, 6.45) is 2.52. The predicted octanol–water partition coefficient (Wildman–Crippen LogP) is 3.92. The maximum Gasteiger partial charge on any atom is 0.0236 e. The van der Waals surface area contributed by atoms with Gasteiger partial charge in [-0.15, -0.1) is 0 Å². The summed E-state index contributed by atoms with van der Waals surface area (Å²) < 4.78 is 0. The van der Waals surface area contributed by atoms with Crippen LogP contribution in [-0.2, 0) is 6.54 Å². The van der Waals surface area contributed by atoms with Gasteiger partial charge >= 0.3 is 0 Å². The molecule has 0 fully saturated rings. The Kier molecular flexibility index (Phi) is 7.25. The van der Waals surface area contributed by atoms with E-state index in [2.05, 4.69) is 75.3 Å². The maximum absolute atomic E-state index is 3.37. The highest BCUT2D eigenvalue weighted by Crippen LogP contribution is 2.25. The summed E-state index contributed by atoms with van der Waals surface area (Å²) in [4.78, 5) is 2.60. The number of hydrogen-bond acceptors (Lipinski definition) is 2. The van der Waals surface area contributed by atoms with Gasteiger partial charge in [-0.25, -0.2) is 0 Å². The van der Waals surface area contributed by atoms with Gasteiger partial charge in [0.1, 0.15) is 0 Å². The van der Waals surface area contributed by atoms with Gasteiger partial charge in [0.05, 0.1) is 0 Å². The summed E-state index contributed by atoms with van der Waals surface area (Å²) in [6.45, 7) is 12.6. The van der Waals surface area contributed by atoms with Crippen molar-refractivity contribution in [1.29, 1.82) is 0 Å². The fourth-order valence-corrected chi connectivity index (χ4v) is 2.98. The lowest BCUT2D eigenvalue weighted by Crippen LogP contribution is -2.44. The van der Waals surface area contributed by atoms with E-state index < -0.39 is 0 Å². The van der Waals surface area contributed by atoms with E-state index in [1.165, 1.54) is 18.4 Å². The second kappa shape index (κ2) is 8.43. The second-order valence-corrected chi connectivity index (χ2v) is 6.58. The summed E-state index contributed by atoms with van der Waals surface area (Å²) in [5.41, 5.74) is 1.76. The maximum atomic E-state index is 3.37. The molecule has 1 N–H and O–H groups in total. The molecule has 0 bridgehead atoms. The van der Waals surface area contributed by atoms with E-state index in [9.17, 15) is 0 Å². The predicted molar refractivity (Wildman–Crippen MR) is 88.9 cm³/mol. The van der Waals surface area contributed by atoms with Gasteiger partial charge in [-0.05, 0) is 38.3 Å². The molecule has 0 spiro atoms. The normalized spacial score (nSPS) is 14.8. The number of rotatable bonds is 9. The molecule has 0 heterocycles. The van der Waals surface area contributed by atoms with Crippen LogP contribution in [0.2, 0.25) is 0 Å². The Morgan fingerprint density at radius 2 is 1.85 bits per heavy atom. The quantitative estimate of drug-likeness (QED) is 0.735. The lowest BCUT2D eigenvalue weighted by molar-refractivity contribution is 0.117. The Hall–Kier alpha value is -0.860. The van der Waals surface area contributed by atoms with Crippen molar-refractivity contribution in [2.24, 2.45) is 5.41 Å². The van der Waals surface area contributed by atoms with Crippen LogP contribution in [0.5, 0.6) is 0 Å². The number of nitrogens with zero attached hydrogens (tertiary/aromatic N) is 1. The Morgan fingerprint density at radius 1 is 1.20 bits per heavy atom. The van der Waals surface area contributed by atoms with Crippen LogP contribution in [-0.4, -0.2) is 31.1 Å². The molecule has 114 valence electrons. The number of benzene rings is 1. The van der Waals surface area contributed by atoms with Crippen molar-refractivity contribution in [3.05, 3.63) is 35.9 Å². The van der Waals surface area contributed by atoms with Crippen LogP contribution in [0.1, 0.15) is 46.1 Å². The average molecular weight is 276 g/mol. The van der Waals surface area contributed by atoms with Crippen LogP contribution in [0.25, 0.3) is 0 Å². The van der Waals surface area contributed by atoms with Crippen LogP contribution in [0.15, 0.2) is 30.3 Å². The molecule has 0 aliphatic heterocycles. The number of nitrogens with one attached hydrogen (secondary N) is 1. The van der Waals surface area contributed by atoms with Crippen molar-refractivity contribution in [3.8, 4) is 0 Å². The Balaban J connectivity index is 2.75. The van der Waals surface area contributed by atoms with Crippen molar-refractivity contribution in [2.75, 3.05) is 20.1 Å². The minimum atomic E-state index is 0.350. The summed E-state index contributed by atoms with van der Waals surface area (Å²) in [5, 5.41) is 3.37. The third-order valence-electron chi connectivity index (χ3n) is 4.00. The minimum Gasteiger partial charge on any atom is -0.319 e. The zero-order valence-corrected chi connectivity index (χ0v) is 13.9. The summed E-state index contributed by atoms with van der Waals surface area (Å²) in [6, 6.07) is 11.4. The molecule has 2 heteroatoms. The standard InChI is InChI=1S/C18H32N2/c1-6-12-18(4,14-19-5)15-20(16(2)3)13-17-10-8-7-9-11-17/h7-11,16,19H,6,12-15H2,1-5H3. The van der Waals surface area contributed by atoms with Gasteiger partial charge in [0, 0.05) is 25.7 Å². The Labute approximate surface area is 125 Å². The third-order valence-corrected chi connectivity index (χ3v) is 4.00. The first-order valence-corrected chi connectivity index (χ1v) is 7.93. The SMILES string of the molecule is CCCC(C)(CNC)CN(Cc1ccccc1)C(C)C. The summed E-state index contributed by atoms with van der Waals surface area (Å²) in [5.74, 6) is 0. The van der Waals surface area contributed by atoms with Crippen LogP contribution < -0.4 is 5.32 Å². The highest BCUT2D eigenvalue weighted by Gasteiger charge is 2.26. The van der Waals surface area contributed by atoms with E-state index in [1.807, 2.05) is 0 Å². The van der Waals surface area contributed by atoms with Gasteiger partial charge < -0.3 is 5.32 Å². The van der Waals surface area contributed by atoms with Crippen molar-refractivity contribution < 1.29 is 0 Å². The zero-order chi connectivity index (χ0) is 15.0. The first kappa shape index (κ1) is 17.2. The second-order valence-electron chi connectivity index (χ2n) is 6.58. The molecule has 0 amide bonds. The molecule has 0 aliphatic carbocycles. The molecule has 0 radical (unpaired) electrons. The lowest BCUT2D eigenvalue weighted by atomic mass is 9.84. The van der Waals surface area contributed by atoms with Crippen LogP contribution in [0.3, 0.4) is 0 Å². The first-order chi connectivity index (χ1) is 9.50. The molecule has 1 atom stereocenters. The molecule has 0 aliphatic rings. The molecule has 20 heavy (non-hydrogen) atoms. The van der Waals surface area contributed by atoms with Crippen LogP contribution in [0, 0.1) is 5.41 Å². The van der Waals surface area contributed by atoms with E-state index >= 15 is 0 Å². The molecule has 1 aromatic rings. The Bertz CT molecular complexity index is 353. The van der Waals surface area contributed by atoms with Crippen molar-refractivity contribution in [3.63, 3.8) is 0 Å². The van der Waals surface area contributed by atoms with Gasteiger partial charge in [-0.3, -0.25) is 4.90 Å². The Morgan fingerprint density at radius 3 is 2.35 bits per heavy atom. The van der Waals surface area contributed by atoms with Gasteiger partial charge in [0.25, 0.3) is 0 Å². The minimum absolute atomic E-state index is 0.350. The molecule has 0 saturated carbocycles. The smallest absolute Gasteiger partial charge is 0.0236 e. The molecule has 0 saturated heterocycles. The molecule has 2 nitrogen and oxygen atoms in total. The molecular weight excluding hydrogens is 244 g/mol. The zero-order valence-electron chi connectivity index (χ0n) is 13.9. The fourth-order valence-electron chi connectivity index (χ4n) is 2.98. The lowest BCUT2D eigenvalue weighted by Gasteiger charge is -2.37.